The van der Waals surface area contributed by atoms with Crippen LogP contribution in [0.2, 0.25) is 0 Å². The summed E-state index contributed by atoms with van der Waals surface area (Å²) in [5.41, 5.74) is -0.527. The molecule has 19 heavy (non-hydrogen) atoms. The average Bonchev–Trinajstić information content (AvgIpc) is 2.41. The van der Waals surface area contributed by atoms with Crippen molar-refractivity contribution in [2.75, 3.05) is 5.32 Å². The molecule has 1 fully saturated rings. The van der Waals surface area contributed by atoms with Crippen molar-refractivity contribution >= 4 is 11.7 Å². The first kappa shape index (κ1) is 13.3. The van der Waals surface area contributed by atoms with Crippen LogP contribution in [0.25, 0.3) is 0 Å². The summed E-state index contributed by atoms with van der Waals surface area (Å²) in [5, 5.41) is 21.4. The van der Waals surface area contributed by atoms with E-state index in [1.165, 1.54) is 12.1 Å². The summed E-state index contributed by atoms with van der Waals surface area (Å²) in [6, 6.07) is 5.65. The molecule has 0 bridgehead atoms. The fraction of sp³-hybridized carbons (Fsp3) is 0.429. The third kappa shape index (κ3) is 2.68. The Morgan fingerprint density at radius 3 is 2.63 bits per heavy atom. The highest BCUT2D eigenvalue weighted by atomic mass is 19.1. The van der Waals surface area contributed by atoms with Gasteiger partial charge in [0, 0.05) is 0 Å². The number of anilines is 1. The quantitative estimate of drug-likeness (QED) is 0.878. The Morgan fingerprint density at radius 1 is 1.37 bits per heavy atom. The number of nitrogens with zero attached hydrogens (tertiary/aromatic N) is 1. The van der Waals surface area contributed by atoms with Crippen LogP contribution in [0.4, 0.5) is 10.1 Å². The molecule has 5 heteroatoms. The predicted molar refractivity (Wildman–Crippen MR) is 68.2 cm³/mol. The van der Waals surface area contributed by atoms with E-state index in [1.54, 1.807) is 0 Å². The molecule has 1 aliphatic rings. The number of carbonyl (C=O) groups is 1. The van der Waals surface area contributed by atoms with Gasteiger partial charge in [0.2, 0.25) is 0 Å². The Morgan fingerprint density at radius 2 is 2.05 bits per heavy atom. The number of aliphatic carboxylic acids is 1. The molecular weight excluding hydrogens is 247 g/mol. The van der Waals surface area contributed by atoms with E-state index in [0.29, 0.717) is 18.5 Å². The maximum absolute atomic E-state index is 13.1. The number of benzene rings is 1. The molecule has 0 atom stereocenters. The molecule has 0 aromatic heterocycles. The van der Waals surface area contributed by atoms with Crippen molar-refractivity contribution in [3.8, 4) is 6.07 Å². The van der Waals surface area contributed by atoms with Gasteiger partial charge in [0.25, 0.3) is 0 Å². The molecule has 0 saturated heterocycles. The molecule has 1 aromatic carbocycles. The second-order valence-corrected chi connectivity index (χ2v) is 4.87. The summed E-state index contributed by atoms with van der Waals surface area (Å²) < 4.78 is 13.1. The van der Waals surface area contributed by atoms with Crippen LogP contribution in [0.15, 0.2) is 18.2 Å². The van der Waals surface area contributed by atoms with E-state index in [2.05, 4.69) is 5.32 Å². The summed E-state index contributed by atoms with van der Waals surface area (Å²) in [4.78, 5) is 11.5. The van der Waals surface area contributed by atoms with Gasteiger partial charge in [-0.3, -0.25) is 0 Å². The molecule has 1 saturated carbocycles. The minimum absolute atomic E-state index is 0.131. The van der Waals surface area contributed by atoms with Crippen LogP contribution in [-0.4, -0.2) is 16.6 Å². The molecule has 0 radical (unpaired) electrons. The third-order valence-electron chi connectivity index (χ3n) is 3.59. The third-order valence-corrected chi connectivity index (χ3v) is 3.59. The smallest absolute Gasteiger partial charge is 0.329 e. The zero-order chi connectivity index (χ0) is 13.9. The summed E-state index contributed by atoms with van der Waals surface area (Å²) in [6.07, 6.45) is 3.73. The summed E-state index contributed by atoms with van der Waals surface area (Å²) in [7, 11) is 0. The first-order valence-corrected chi connectivity index (χ1v) is 6.29. The summed E-state index contributed by atoms with van der Waals surface area (Å²) in [6.45, 7) is 0. The number of rotatable bonds is 3. The van der Waals surface area contributed by atoms with Gasteiger partial charge in [0.15, 0.2) is 0 Å². The number of carboxylic acids is 1. The molecular formula is C14H15FN2O2. The van der Waals surface area contributed by atoms with Crippen molar-refractivity contribution in [2.45, 2.75) is 37.6 Å². The van der Waals surface area contributed by atoms with Gasteiger partial charge >= 0.3 is 5.97 Å². The zero-order valence-electron chi connectivity index (χ0n) is 10.4. The molecule has 2 rings (SSSR count). The molecule has 0 aliphatic heterocycles. The van der Waals surface area contributed by atoms with Gasteiger partial charge in [-0.05, 0) is 31.0 Å². The number of halogens is 1. The van der Waals surface area contributed by atoms with Crippen LogP contribution in [0.5, 0.6) is 0 Å². The van der Waals surface area contributed by atoms with Gasteiger partial charge in [0.05, 0.1) is 11.3 Å². The Hall–Kier alpha value is -2.09. The Bertz CT molecular complexity index is 531. The SMILES string of the molecule is N#Cc1cc(F)ccc1NC1(C(=O)O)CCCCC1. The van der Waals surface area contributed by atoms with Gasteiger partial charge in [-0.15, -0.1) is 0 Å². The van der Waals surface area contributed by atoms with E-state index in [9.17, 15) is 14.3 Å². The Kier molecular flexibility index (Phi) is 3.70. The lowest BCUT2D eigenvalue weighted by atomic mass is 9.81. The van der Waals surface area contributed by atoms with E-state index in [0.717, 1.165) is 25.3 Å². The van der Waals surface area contributed by atoms with Gasteiger partial charge in [-0.25, -0.2) is 9.18 Å². The van der Waals surface area contributed by atoms with Crippen LogP contribution < -0.4 is 5.32 Å². The largest absolute Gasteiger partial charge is 0.480 e. The molecule has 0 spiro atoms. The van der Waals surface area contributed by atoms with Crippen molar-refractivity contribution in [3.05, 3.63) is 29.6 Å². The van der Waals surface area contributed by atoms with Crippen LogP contribution >= 0.6 is 0 Å². The van der Waals surface area contributed by atoms with Crippen molar-refractivity contribution in [1.82, 2.24) is 0 Å². The van der Waals surface area contributed by atoms with Crippen LogP contribution in [-0.2, 0) is 4.79 Å². The molecule has 2 N–H and O–H groups in total. The molecule has 0 heterocycles. The Balaban J connectivity index is 2.32. The zero-order valence-corrected chi connectivity index (χ0v) is 10.4. The van der Waals surface area contributed by atoms with Gasteiger partial charge in [-0.1, -0.05) is 19.3 Å². The van der Waals surface area contributed by atoms with E-state index >= 15 is 0 Å². The molecule has 1 aromatic rings. The first-order chi connectivity index (χ1) is 9.07. The van der Waals surface area contributed by atoms with Crippen LogP contribution in [0, 0.1) is 17.1 Å². The molecule has 0 amide bonds. The second-order valence-electron chi connectivity index (χ2n) is 4.87. The lowest BCUT2D eigenvalue weighted by Crippen LogP contribution is -2.48. The van der Waals surface area contributed by atoms with Crippen LogP contribution in [0.3, 0.4) is 0 Å². The maximum Gasteiger partial charge on any atom is 0.329 e. The van der Waals surface area contributed by atoms with E-state index in [4.69, 9.17) is 5.26 Å². The minimum atomic E-state index is -1.04. The van der Waals surface area contributed by atoms with Crippen LogP contribution in [0.1, 0.15) is 37.7 Å². The van der Waals surface area contributed by atoms with E-state index in [-0.39, 0.29) is 5.56 Å². The van der Waals surface area contributed by atoms with Crippen molar-refractivity contribution in [1.29, 1.82) is 5.26 Å². The highest BCUT2D eigenvalue weighted by Crippen LogP contribution is 2.33. The summed E-state index contributed by atoms with van der Waals surface area (Å²) in [5.74, 6) is -1.42. The maximum atomic E-state index is 13.1. The topological polar surface area (TPSA) is 73.1 Å². The normalized spacial score (nSPS) is 17.5. The van der Waals surface area contributed by atoms with Crippen molar-refractivity contribution < 1.29 is 14.3 Å². The Labute approximate surface area is 110 Å². The minimum Gasteiger partial charge on any atom is -0.480 e. The van der Waals surface area contributed by atoms with Gasteiger partial charge in [0.1, 0.15) is 17.4 Å². The van der Waals surface area contributed by atoms with Crippen molar-refractivity contribution in [3.63, 3.8) is 0 Å². The van der Waals surface area contributed by atoms with E-state index < -0.39 is 17.3 Å². The number of hydrogen-bond acceptors (Lipinski definition) is 3. The fourth-order valence-corrected chi connectivity index (χ4v) is 2.52. The predicted octanol–water partition coefficient (Wildman–Crippen LogP) is 2.90. The second kappa shape index (κ2) is 5.27. The monoisotopic (exact) mass is 262 g/mol. The molecule has 4 nitrogen and oxygen atoms in total. The lowest BCUT2D eigenvalue weighted by Gasteiger charge is -2.35. The number of nitriles is 1. The van der Waals surface area contributed by atoms with Crippen molar-refractivity contribution in [2.24, 2.45) is 0 Å². The average molecular weight is 262 g/mol. The fourth-order valence-electron chi connectivity index (χ4n) is 2.52. The highest BCUT2D eigenvalue weighted by molar-refractivity contribution is 5.83. The molecule has 0 unspecified atom stereocenters. The van der Waals surface area contributed by atoms with E-state index in [1.807, 2.05) is 6.07 Å². The molecule has 1 aliphatic carbocycles. The first-order valence-electron chi connectivity index (χ1n) is 6.29. The standard InChI is InChI=1S/C14H15FN2O2/c15-11-4-5-12(10(8-11)9-16)17-14(13(18)19)6-2-1-3-7-14/h4-5,8,17H,1-3,6-7H2,(H,18,19). The molecule has 100 valence electrons. The van der Waals surface area contributed by atoms with Gasteiger partial charge < -0.3 is 10.4 Å². The number of nitrogens with one attached hydrogen (secondary N) is 1. The number of carboxylic acid groups (broad SMARTS) is 1. The lowest BCUT2D eigenvalue weighted by molar-refractivity contribution is -0.143. The highest BCUT2D eigenvalue weighted by Gasteiger charge is 2.39. The number of hydrogen-bond donors (Lipinski definition) is 2. The van der Waals surface area contributed by atoms with Gasteiger partial charge in [-0.2, -0.15) is 5.26 Å². The summed E-state index contributed by atoms with van der Waals surface area (Å²) >= 11 is 0.